The molecule has 0 bridgehead atoms. The van der Waals surface area contributed by atoms with Gasteiger partial charge in [0.25, 0.3) is 0 Å². The van der Waals surface area contributed by atoms with Gasteiger partial charge in [0, 0.05) is 12.6 Å². The molecule has 3 atom stereocenters. The number of carbonyl (C=O) groups excluding carboxylic acids is 2. The van der Waals surface area contributed by atoms with Crippen molar-refractivity contribution in [3.05, 3.63) is 42.0 Å². The van der Waals surface area contributed by atoms with Crippen molar-refractivity contribution < 1.29 is 14.3 Å². The number of nitrogens with one attached hydrogen (secondary N) is 1. The fourth-order valence-electron chi connectivity index (χ4n) is 2.52. The molecule has 1 aromatic carbocycles. The zero-order chi connectivity index (χ0) is 16.8. The predicted molar refractivity (Wildman–Crippen MR) is 89.7 cm³/mol. The van der Waals surface area contributed by atoms with E-state index >= 15 is 0 Å². The Morgan fingerprint density at radius 2 is 2.00 bits per heavy atom. The Labute approximate surface area is 137 Å². The quantitative estimate of drug-likeness (QED) is 0.862. The van der Waals surface area contributed by atoms with Crippen LogP contribution < -0.4 is 5.32 Å². The van der Waals surface area contributed by atoms with E-state index in [1.807, 2.05) is 44.2 Å². The Morgan fingerprint density at radius 1 is 1.30 bits per heavy atom. The number of benzene rings is 1. The molecule has 1 heterocycles. The molecule has 5 nitrogen and oxygen atoms in total. The van der Waals surface area contributed by atoms with Crippen LogP contribution >= 0.6 is 0 Å². The fraction of sp³-hybridized carbons (Fsp3) is 0.444. The van der Waals surface area contributed by atoms with E-state index in [9.17, 15) is 9.59 Å². The first kappa shape index (κ1) is 17.2. The summed E-state index contributed by atoms with van der Waals surface area (Å²) in [4.78, 5) is 26.2. The molecule has 1 N–H and O–H groups in total. The maximum atomic E-state index is 12.5. The summed E-state index contributed by atoms with van der Waals surface area (Å²) in [5.41, 5.74) is 0.942. The van der Waals surface area contributed by atoms with Crippen LogP contribution in [-0.4, -0.2) is 48.1 Å². The molecule has 2 rings (SSSR count). The summed E-state index contributed by atoms with van der Waals surface area (Å²) < 4.78 is 5.53. The van der Waals surface area contributed by atoms with Gasteiger partial charge in [0.2, 0.25) is 11.8 Å². The molecule has 1 aliphatic heterocycles. The minimum atomic E-state index is -0.560. The van der Waals surface area contributed by atoms with Crippen LogP contribution in [0.3, 0.4) is 0 Å². The monoisotopic (exact) mass is 316 g/mol. The molecule has 124 valence electrons. The number of hydrogen-bond donors (Lipinski definition) is 1. The highest BCUT2D eigenvalue weighted by atomic mass is 16.5. The third kappa shape index (κ3) is 4.93. The van der Waals surface area contributed by atoms with Crippen LogP contribution in [0.25, 0.3) is 6.08 Å². The summed E-state index contributed by atoms with van der Waals surface area (Å²) in [6.45, 7) is 6.69. The standard InChI is InChI=1S/C18H24N2O3/c1-13-12-23-14(2)11-20(13)18(22)15(3)19-17(21)10-9-16-7-5-4-6-8-16/h4-10,13-15H,11-12H2,1-3H3,(H,19,21). The van der Waals surface area contributed by atoms with Gasteiger partial charge in [0.1, 0.15) is 6.04 Å². The van der Waals surface area contributed by atoms with E-state index in [1.54, 1.807) is 17.9 Å². The van der Waals surface area contributed by atoms with E-state index in [0.717, 1.165) is 5.56 Å². The maximum absolute atomic E-state index is 12.5. The van der Waals surface area contributed by atoms with Gasteiger partial charge in [-0.05, 0) is 32.4 Å². The van der Waals surface area contributed by atoms with Crippen molar-refractivity contribution in [3.63, 3.8) is 0 Å². The average molecular weight is 316 g/mol. The van der Waals surface area contributed by atoms with E-state index in [4.69, 9.17) is 4.74 Å². The van der Waals surface area contributed by atoms with E-state index in [2.05, 4.69) is 5.32 Å². The Kier molecular flexibility index (Phi) is 5.93. The van der Waals surface area contributed by atoms with Gasteiger partial charge in [0.15, 0.2) is 0 Å². The Morgan fingerprint density at radius 3 is 2.70 bits per heavy atom. The molecule has 5 heteroatoms. The summed E-state index contributed by atoms with van der Waals surface area (Å²) in [5, 5.41) is 2.72. The highest BCUT2D eigenvalue weighted by molar-refractivity contribution is 5.95. The van der Waals surface area contributed by atoms with E-state index in [0.29, 0.717) is 13.2 Å². The Hall–Kier alpha value is -2.14. The zero-order valence-electron chi connectivity index (χ0n) is 13.9. The lowest BCUT2D eigenvalue weighted by molar-refractivity contribution is -0.146. The second kappa shape index (κ2) is 7.92. The highest BCUT2D eigenvalue weighted by Crippen LogP contribution is 2.12. The summed E-state index contributed by atoms with van der Waals surface area (Å²) >= 11 is 0. The number of ether oxygens (including phenoxy) is 1. The van der Waals surface area contributed by atoms with Crippen LogP contribution in [0, 0.1) is 0 Å². The Bertz CT molecular complexity index is 571. The van der Waals surface area contributed by atoms with E-state index in [1.165, 1.54) is 6.08 Å². The van der Waals surface area contributed by atoms with Crippen LogP contribution in [0.1, 0.15) is 26.3 Å². The van der Waals surface area contributed by atoms with Gasteiger partial charge in [0.05, 0.1) is 18.8 Å². The molecule has 0 radical (unpaired) electrons. The third-order valence-electron chi connectivity index (χ3n) is 3.85. The van der Waals surface area contributed by atoms with Gasteiger partial charge in [-0.3, -0.25) is 9.59 Å². The first-order valence-corrected chi connectivity index (χ1v) is 7.93. The third-order valence-corrected chi connectivity index (χ3v) is 3.85. The molecule has 1 saturated heterocycles. The number of rotatable bonds is 4. The topological polar surface area (TPSA) is 58.6 Å². The molecule has 2 amide bonds. The lowest BCUT2D eigenvalue weighted by Crippen LogP contribution is -2.55. The van der Waals surface area contributed by atoms with Gasteiger partial charge < -0.3 is 15.0 Å². The first-order chi connectivity index (χ1) is 11.0. The SMILES string of the molecule is CC1CN(C(=O)C(C)NC(=O)C=Cc2ccccc2)C(C)CO1. The molecule has 0 aliphatic carbocycles. The van der Waals surface area contributed by atoms with Crippen molar-refractivity contribution in [2.75, 3.05) is 13.2 Å². The van der Waals surface area contributed by atoms with Gasteiger partial charge in [-0.15, -0.1) is 0 Å². The van der Waals surface area contributed by atoms with Gasteiger partial charge in [-0.2, -0.15) is 0 Å². The first-order valence-electron chi connectivity index (χ1n) is 7.93. The van der Waals surface area contributed by atoms with Crippen LogP contribution in [0.5, 0.6) is 0 Å². The van der Waals surface area contributed by atoms with Gasteiger partial charge in [-0.25, -0.2) is 0 Å². The number of nitrogens with zero attached hydrogens (tertiary/aromatic N) is 1. The number of carbonyl (C=O) groups is 2. The van der Waals surface area contributed by atoms with Crippen molar-refractivity contribution in [3.8, 4) is 0 Å². The molecule has 3 unspecified atom stereocenters. The molecular formula is C18H24N2O3. The van der Waals surface area contributed by atoms with Crippen molar-refractivity contribution >= 4 is 17.9 Å². The second-order valence-electron chi connectivity index (χ2n) is 5.96. The molecule has 0 spiro atoms. The molecule has 1 fully saturated rings. The van der Waals surface area contributed by atoms with Crippen molar-refractivity contribution in [1.29, 1.82) is 0 Å². The predicted octanol–water partition coefficient (Wildman–Crippen LogP) is 1.84. The molecular weight excluding hydrogens is 292 g/mol. The largest absolute Gasteiger partial charge is 0.375 e. The van der Waals surface area contributed by atoms with E-state index < -0.39 is 6.04 Å². The maximum Gasteiger partial charge on any atom is 0.245 e. The second-order valence-corrected chi connectivity index (χ2v) is 5.96. The Balaban J connectivity index is 1.90. The smallest absolute Gasteiger partial charge is 0.245 e. The van der Waals surface area contributed by atoms with Crippen molar-refractivity contribution in [1.82, 2.24) is 10.2 Å². The normalized spacial score (nSPS) is 22.8. The summed E-state index contributed by atoms with van der Waals surface area (Å²) in [7, 11) is 0. The average Bonchev–Trinajstić information content (AvgIpc) is 2.55. The highest BCUT2D eigenvalue weighted by Gasteiger charge is 2.30. The molecule has 1 aromatic rings. The minimum absolute atomic E-state index is 0.0241. The minimum Gasteiger partial charge on any atom is -0.375 e. The van der Waals surface area contributed by atoms with Crippen LogP contribution in [0.2, 0.25) is 0 Å². The lowest BCUT2D eigenvalue weighted by Gasteiger charge is -2.38. The van der Waals surface area contributed by atoms with Gasteiger partial charge >= 0.3 is 0 Å². The summed E-state index contributed by atoms with van der Waals surface area (Å²) in [6.07, 6.45) is 3.20. The van der Waals surface area contributed by atoms with E-state index in [-0.39, 0.29) is 24.0 Å². The number of morpholine rings is 1. The molecule has 1 aliphatic rings. The summed E-state index contributed by atoms with van der Waals surface area (Å²) in [6, 6.07) is 9.02. The van der Waals surface area contributed by atoms with Crippen molar-refractivity contribution in [2.24, 2.45) is 0 Å². The molecule has 23 heavy (non-hydrogen) atoms. The van der Waals surface area contributed by atoms with Gasteiger partial charge in [-0.1, -0.05) is 30.3 Å². The van der Waals surface area contributed by atoms with Crippen LogP contribution in [-0.2, 0) is 14.3 Å². The molecule has 0 aromatic heterocycles. The van der Waals surface area contributed by atoms with Crippen LogP contribution in [0.15, 0.2) is 36.4 Å². The lowest BCUT2D eigenvalue weighted by atomic mass is 10.1. The molecule has 0 saturated carbocycles. The van der Waals surface area contributed by atoms with Crippen LogP contribution in [0.4, 0.5) is 0 Å². The van der Waals surface area contributed by atoms with Crippen molar-refractivity contribution in [2.45, 2.75) is 39.0 Å². The zero-order valence-corrected chi connectivity index (χ0v) is 13.9. The fourth-order valence-corrected chi connectivity index (χ4v) is 2.52. The number of hydrogen-bond acceptors (Lipinski definition) is 3. The number of amides is 2. The summed E-state index contributed by atoms with van der Waals surface area (Å²) in [5.74, 6) is -0.349.